The van der Waals surface area contributed by atoms with E-state index in [2.05, 4.69) is 36.8 Å². The SMILES string of the molecule is [CH2-][C@@H](C)n1cccc1.[CH2-][C@@H](C)n1cccc1.[Y]. The van der Waals surface area contributed by atoms with Gasteiger partial charge in [-0.3, -0.25) is 0 Å². The van der Waals surface area contributed by atoms with E-state index >= 15 is 0 Å². The van der Waals surface area contributed by atoms with E-state index in [0.717, 1.165) is 0 Å². The standard InChI is InChI=1S/2C7H10N.Y/c2*1-7(2)8-5-3-4-6-8;/h2*3-7H,1H2,2H3;/q2*-1;/t2*7-;/m00./s1. The molecule has 0 bridgehead atoms. The van der Waals surface area contributed by atoms with Gasteiger partial charge in [-0.15, -0.1) is 0 Å². The molecule has 0 N–H and O–H groups in total. The summed E-state index contributed by atoms with van der Waals surface area (Å²) in [7, 11) is 0. The van der Waals surface area contributed by atoms with Gasteiger partial charge in [-0.05, 0) is 24.3 Å². The van der Waals surface area contributed by atoms with Crippen molar-refractivity contribution in [3.63, 3.8) is 0 Å². The van der Waals surface area contributed by atoms with Gasteiger partial charge < -0.3 is 23.0 Å². The third kappa shape index (κ3) is 6.23. The first-order chi connectivity index (χ1) is 7.61. The molecule has 0 saturated heterocycles. The molecule has 2 atom stereocenters. The van der Waals surface area contributed by atoms with E-state index in [1.54, 1.807) is 0 Å². The Bertz CT molecular complexity index is 323. The molecule has 2 aromatic rings. The molecule has 0 spiro atoms. The summed E-state index contributed by atoms with van der Waals surface area (Å²) in [5, 5.41) is 0. The van der Waals surface area contributed by atoms with Crippen LogP contribution in [-0.4, -0.2) is 9.13 Å². The summed E-state index contributed by atoms with van der Waals surface area (Å²) in [5.41, 5.74) is 0. The van der Waals surface area contributed by atoms with Gasteiger partial charge in [0, 0.05) is 57.5 Å². The third-order valence-corrected chi connectivity index (χ3v) is 2.27. The second-order valence-corrected chi connectivity index (χ2v) is 3.96. The Morgan fingerprint density at radius 1 is 0.706 bits per heavy atom. The minimum Gasteiger partial charge on any atom is -0.381 e. The van der Waals surface area contributed by atoms with E-state index in [9.17, 15) is 0 Å². The van der Waals surface area contributed by atoms with Gasteiger partial charge in [0.15, 0.2) is 0 Å². The van der Waals surface area contributed by atoms with Crippen LogP contribution in [0.15, 0.2) is 49.1 Å². The maximum atomic E-state index is 3.84. The number of nitrogens with zero attached hydrogens (tertiary/aromatic N) is 2. The van der Waals surface area contributed by atoms with Crippen LogP contribution in [-0.2, 0) is 32.7 Å². The topological polar surface area (TPSA) is 9.86 Å². The smallest absolute Gasteiger partial charge is 0.000833 e. The second kappa shape index (κ2) is 8.71. The predicted molar refractivity (Wildman–Crippen MR) is 69.0 cm³/mol. The minimum atomic E-state index is 0. The first-order valence-electron chi connectivity index (χ1n) is 5.52. The zero-order valence-corrected chi connectivity index (χ0v) is 13.5. The van der Waals surface area contributed by atoms with Crippen molar-refractivity contribution in [3.8, 4) is 0 Å². The molecule has 0 saturated carbocycles. The van der Waals surface area contributed by atoms with E-state index in [0.29, 0.717) is 12.1 Å². The molecule has 0 aliphatic rings. The van der Waals surface area contributed by atoms with Crippen molar-refractivity contribution in [2.24, 2.45) is 0 Å². The zero-order valence-electron chi connectivity index (χ0n) is 10.7. The van der Waals surface area contributed by atoms with Gasteiger partial charge in [0.2, 0.25) is 0 Å². The van der Waals surface area contributed by atoms with Gasteiger partial charge in [-0.2, -0.15) is 0 Å². The van der Waals surface area contributed by atoms with E-state index < -0.39 is 0 Å². The Hall–Kier alpha value is -0.336. The number of hydrogen-bond donors (Lipinski definition) is 0. The van der Waals surface area contributed by atoms with Gasteiger partial charge in [0.25, 0.3) is 0 Å². The summed E-state index contributed by atoms with van der Waals surface area (Å²) in [6.45, 7) is 11.8. The van der Waals surface area contributed by atoms with Crippen molar-refractivity contribution in [3.05, 3.63) is 62.9 Å². The molecule has 0 fully saturated rings. The molecule has 2 heterocycles. The van der Waals surface area contributed by atoms with Crippen molar-refractivity contribution in [2.45, 2.75) is 25.9 Å². The van der Waals surface area contributed by atoms with Crippen molar-refractivity contribution in [2.75, 3.05) is 0 Å². The summed E-state index contributed by atoms with van der Waals surface area (Å²) in [6.07, 6.45) is 8.05. The molecule has 91 valence electrons. The molecule has 0 amide bonds. The monoisotopic (exact) mass is 305 g/mol. The van der Waals surface area contributed by atoms with Crippen molar-refractivity contribution in [1.29, 1.82) is 0 Å². The van der Waals surface area contributed by atoms with Gasteiger partial charge >= 0.3 is 0 Å². The van der Waals surface area contributed by atoms with Crippen LogP contribution in [0.5, 0.6) is 0 Å². The van der Waals surface area contributed by atoms with Crippen LogP contribution in [0.4, 0.5) is 0 Å². The molecule has 0 aromatic carbocycles. The van der Waals surface area contributed by atoms with E-state index in [1.165, 1.54) is 0 Å². The van der Waals surface area contributed by atoms with Crippen LogP contribution in [0.2, 0.25) is 0 Å². The fourth-order valence-electron chi connectivity index (χ4n) is 1.28. The van der Waals surface area contributed by atoms with Gasteiger partial charge in [-0.25, -0.2) is 0 Å². The molecule has 17 heavy (non-hydrogen) atoms. The molecule has 0 unspecified atom stereocenters. The molecule has 0 aliphatic carbocycles. The summed E-state index contributed by atoms with van der Waals surface area (Å²) < 4.78 is 4.11. The van der Waals surface area contributed by atoms with E-state index in [-0.39, 0.29) is 32.7 Å². The van der Waals surface area contributed by atoms with Gasteiger partial charge in [-0.1, -0.05) is 25.9 Å². The second-order valence-electron chi connectivity index (χ2n) is 3.96. The van der Waals surface area contributed by atoms with Crippen molar-refractivity contribution < 1.29 is 32.7 Å². The van der Waals surface area contributed by atoms with Crippen LogP contribution in [0.25, 0.3) is 0 Å². The van der Waals surface area contributed by atoms with Gasteiger partial charge in [0.1, 0.15) is 0 Å². The van der Waals surface area contributed by atoms with Crippen LogP contribution >= 0.6 is 0 Å². The molecular weight excluding hydrogens is 285 g/mol. The Balaban J connectivity index is 0.000000284. The van der Waals surface area contributed by atoms with E-state index in [1.807, 2.05) is 49.1 Å². The number of hydrogen-bond acceptors (Lipinski definition) is 0. The molecule has 0 aliphatic heterocycles. The Kier molecular flexibility index (Phi) is 8.54. The molecule has 1 radical (unpaired) electrons. The first kappa shape index (κ1) is 16.7. The average Bonchev–Trinajstić information content (AvgIpc) is 2.93. The largest absolute Gasteiger partial charge is 0.381 e. The predicted octanol–water partition coefficient (Wildman–Crippen LogP) is 3.76. The number of aromatic nitrogens is 2. The van der Waals surface area contributed by atoms with Crippen LogP contribution in [0.1, 0.15) is 25.9 Å². The maximum Gasteiger partial charge on any atom is 0.000833 e. The van der Waals surface area contributed by atoms with Crippen LogP contribution in [0.3, 0.4) is 0 Å². The first-order valence-corrected chi connectivity index (χ1v) is 5.52. The average molecular weight is 305 g/mol. The Morgan fingerprint density at radius 3 is 1.06 bits per heavy atom. The van der Waals surface area contributed by atoms with Crippen molar-refractivity contribution in [1.82, 2.24) is 9.13 Å². The Morgan fingerprint density at radius 2 is 0.941 bits per heavy atom. The van der Waals surface area contributed by atoms with Crippen LogP contribution in [0, 0.1) is 13.8 Å². The molecular formula is C14H20N2Y-2. The van der Waals surface area contributed by atoms with Gasteiger partial charge in [0.05, 0.1) is 0 Å². The summed E-state index contributed by atoms with van der Waals surface area (Å²) in [6, 6.07) is 8.71. The number of rotatable bonds is 2. The quantitative estimate of drug-likeness (QED) is 0.748. The van der Waals surface area contributed by atoms with E-state index in [4.69, 9.17) is 0 Å². The van der Waals surface area contributed by atoms with Crippen molar-refractivity contribution >= 4 is 0 Å². The fourth-order valence-corrected chi connectivity index (χ4v) is 1.28. The zero-order chi connectivity index (χ0) is 12.0. The fraction of sp³-hybridized carbons (Fsp3) is 0.286. The Labute approximate surface area is 130 Å². The third-order valence-electron chi connectivity index (χ3n) is 2.27. The maximum absolute atomic E-state index is 3.84. The summed E-state index contributed by atoms with van der Waals surface area (Å²) in [4.78, 5) is 0. The molecule has 3 heteroatoms. The molecule has 2 nitrogen and oxygen atoms in total. The van der Waals surface area contributed by atoms with Crippen LogP contribution < -0.4 is 0 Å². The summed E-state index contributed by atoms with van der Waals surface area (Å²) in [5.74, 6) is 0. The minimum absolute atomic E-state index is 0. The normalized spacial score (nSPS) is 12.9. The molecule has 2 rings (SSSR count). The molecule has 2 aromatic heterocycles. The summed E-state index contributed by atoms with van der Waals surface area (Å²) >= 11 is 0.